The fourth-order valence-electron chi connectivity index (χ4n) is 6.15. The van der Waals surface area contributed by atoms with Gasteiger partial charge in [0.15, 0.2) is 11.5 Å². The van der Waals surface area contributed by atoms with Crippen LogP contribution in [0.25, 0.3) is 0 Å². The molecule has 0 saturated carbocycles. The summed E-state index contributed by atoms with van der Waals surface area (Å²) in [7, 11) is 3.31. The van der Waals surface area contributed by atoms with Crippen LogP contribution in [-0.2, 0) is 11.2 Å². The number of aliphatic hydroxyl groups is 1. The fraction of sp³-hybridized carbons (Fsp3) is 0.543. The molecule has 0 radical (unpaired) electrons. The molecule has 3 aromatic rings. The van der Waals surface area contributed by atoms with Gasteiger partial charge in [-0.15, -0.1) is 0 Å². The molecule has 0 aromatic heterocycles. The highest BCUT2D eigenvalue weighted by atomic mass is 16.5. The molecular weight excluding hydrogens is 558 g/mol. The average Bonchev–Trinajstić information content (AvgIpc) is 3.03. The van der Waals surface area contributed by atoms with Gasteiger partial charge in [-0.2, -0.15) is 0 Å². The standard InChI is InChI=1S/C35H49N3O6/c1-23(2)11-13-28(36)29(39)21-37-32-33(35(41)34(32)40)38-16-15-27(25-9-6-5-7-10-25)26(22-38)19-24-12-14-30(43-4)31(20-24)44-18-8-17-42-3/h5-7,9-10,12,14,20,23,26-29,37,39H,8,11,13,15-19,21-22,36H2,1-4H3/t26-,27?,28+,29+/m1/s1. The maximum Gasteiger partial charge on any atom is 0.253 e. The summed E-state index contributed by atoms with van der Waals surface area (Å²) in [5.41, 5.74) is 8.28. The first-order valence-electron chi connectivity index (χ1n) is 15.8. The van der Waals surface area contributed by atoms with Crippen LogP contribution in [0.3, 0.4) is 0 Å². The van der Waals surface area contributed by atoms with Gasteiger partial charge >= 0.3 is 0 Å². The smallest absolute Gasteiger partial charge is 0.253 e. The summed E-state index contributed by atoms with van der Waals surface area (Å²) in [6.45, 7) is 6.78. The van der Waals surface area contributed by atoms with Gasteiger partial charge in [0, 0.05) is 45.8 Å². The van der Waals surface area contributed by atoms with Crippen molar-refractivity contribution >= 4 is 11.4 Å². The van der Waals surface area contributed by atoms with Crippen LogP contribution in [0.2, 0.25) is 0 Å². The number of piperidine rings is 1. The van der Waals surface area contributed by atoms with Gasteiger partial charge in [0.25, 0.3) is 10.9 Å². The first kappa shape index (κ1) is 33.5. The van der Waals surface area contributed by atoms with Crippen LogP contribution in [-0.4, -0.2) is 64.3 Å². The quantitative estimate of drug-likeness (QED) is 0.154. The molecule has 1 saturated heterocycles. The van der Waals surface area contributed by atoms with Crippen molar-refractivity contribution < 1.29 is 19.3 Å². The zero-order valence-electron chi connectivity index (χ0n) is 26.6. The summed E-state index contributed by atoms with van der Waals surface area (Å²) in [5.74, 6) is 2.33. The van der Waals surface area contributed by atoms with Crippen LogP contribution < -0.4 is 36.3 Å². The highest BCUT2D eigenvalue weighted by Gasteiger charge is 2.35. The summed E-state index contributed by atoms with van der Waals surface area (Å²) >= 11 is 0. The topological polar surface area (TPSA) is 123 Å². The number of aliphatic hydroxyl groups excluding tert-OH is 1. The molecule has 3 aromatic carbocycles. The molecule has 1 aliphatic heterocycles. The molecule has 0 aliphatic carbocycles. The van der Waals surface area contributed by atoms with Gasteiger partial charge in [-0.25, -0.2) is 0 Å². The van der Waals surface area contributed by atoms with Crippen molar-refractivity contribution in [3.8, 4) is 11.5 Å². The zero-order chi connectivity index (χ0) is 31.6. The molecule has 0 amide bonds. The van der Waals surface area contributed by atoms with Gasteiger partial charge in [0.1, 0.15) is 11.4 Å². The lowest BCUT2D eigenvalue weighted by Gasteiger charge is -2.41. The molecule has 0 bridgehead atoms. The van der Waals surface area contributed by atoms with Gasteiger partial charge in [-0.05, 0) is 66.7 Å². The minimum Gasteiger partial charge on any atom is -0.493 e. The van der Waals surface area contributed by atoms with Gasteiger partial charge in [-0.1, -0.05) is 50.2 Å². The SMILES string of the molecule is COCCCOc1cc(C[C@@H]2CN(c3c(NC[C@H](O)[C@@H](N)CCC(C)C)c(=O)c3=O)CCC2c2ccccc2)ccc1OC. The van der Waals surface area contributed by atoms with E-state index in [1.54, 1.807) is 14.2 Å². The third kappa shape index (κ3) is 8.40. The Labute approximate surface area is 261 Å². The van der Waals surface area contributed by atoms with Crippen molar-refractivity contribution in [1.82, 2.24) is 0 Å². The van der Waals surface area contributed by atoms with Crippen molar-refractivity contribution in [1.29, 1.82) is 0 Å². The molecule has 0 spiro atoms. The first-order valence-corrected chi connectivity index (χ1v) is 15.8. The minimum atomic E-state index is -0.816. The molecule has 240 valence electrons. The highest BCUT2D eigenvalue weighted by molar-refractivity contribution is 5.75. The van der Waals surface area contributed by atoms with E-state index in [0.717, 1.165) is 31.2 Å². The lowest BCUT2D eigenvalue weighted by molar-refractivity contribution is 0.149. The fourth-order valence-corrected chi connectivity index (χ4v) is 6.15. The summed E-state index contributed by atoms with van der Waals surface area (Å²) in [5, 5.41) is 13.7. The molecule has 1 unspecified atom stereocenters. The lowest BCUT2D eigenvalue weighted by atomic mass is 9.77. The number of anilines is 2. The maximum absolute atomic E-state index is 12.9. The van der Waals surface area contributed by atoms with E-state index in [1.165, 1.54) is 5.56 Å². The van der Waals surface area contributed by atoms with Gasteiger partial charge in [0.2, 0.25) is 0 Å². The minimum absolute atomic E-state index is 0.125. The van der Waals surface area contributed by atoms with Crippen molar-refractivity contribution in [2.24, 2.45) is 17.6 Å². The number of ether oxygens (including phenoxy) is 3. The predicted molar refractivity (Wildman–Crippen MR) is 176 cm³/mol. The second-order valence-electron chi connectivity index (χ2n) is 12.4. The molecule has 1 aliphatic rings. The lowest BCUT2D eigenvalue weighted by Crippen LogP contribution is -2.49. The number of nitrogens with one attached hydrogen (secondary N) is 1. The zero-order valence-corrected chi connectivity index (χ0v) is 26.6. The first-order chi connectivity index (χ1) is 21.2. The van der Waals surface area contributed by atoms with E-state index >= 15 is 0 Å². The van der Waals surface area contributed by atoms with Gasteiger partial charge < -0.3 is 35.3 Å². The Morgan fingerprint density at radius 2 is 1.80 bits per heavy atom. The Bertz CT molecular complexity index is 1390. The van der Waals surface area contributed by atoms with Crippen LogP contribution >= 0.6 is 0 Å². The van der Waals surface area contributed by atoms with E-state index in [9.17, 15) is 14.7 Å². The van der Waals surface area contributed by atoms with Crippen LogP contribution in [0.5, 0.6) is 11.5 Å². The molecular formula is C35H49N3O6. The number of methoxy groups -OCH3 is 2. The summed E-state index contributed by atoms with van der Waals surface area (Å²) < 4.78 is 16.7. The molecule has 4 N–H and O–H groups in total. The normalized spacial score (nSPS) is 18.4. The molecule has 4 atom stereocenters. The second-order valence-corrected chi connectivity index (χ2v) is 12.4. The molecule has 4 rings (SSSR count). The molecule has 9 heteroatoms. The molecule has 44 heavy (non-hydrogen) atoms. The van der Waals surface area contributed by atoms with E-state index in [4.69, 9.17) is 19.9 Å². The van der Waals surface area contributed by atoms with E-state index in [2.05, 4.69) is 49.5 Å². The van der Waals surface area contributed by atoms with E-state index in [1.807, 2.05) is 23.1 Å². The number of hydrogen-bond donors (Lipinski definition) is 3. The maximum atomic E-state index is 12.9. The number of nitrogens with two attached hydrogens (primary N) is 1. The summed E-state index contributed by atoms with van der Waals surface area (Å²) in [4.78, 5) is 27.6. The van der Waals surface area contributed by atoms with E-state index in [0.29, 0.717) is 61.5 Å². The van der Waals surface area contributed by atoms with Crippen LogP contribution in [0.15, 0.2) is 58.1 Å². The van der Waals surface area contributed by atoms with Crippen molar-refractivity contribution in [2.75, 3.05) is 57.3 Å². The van der Waals surface area contributed by atoms with Crippen molar-refractivity contribution in [3.63, 3.8) is 0 Å². The Balaban J connectivity index is 1.52. The van der Waals surface area contributed by atoms with Crippen molar-refractivity contribution in [3.05, 3.63) is 80.1 Å². The average molecular weight is 608 g/mol. The summed E-state index contributed by atoms with van der Waals surface area (Å²) in [6.07, 6.45) is 3.17. The monoisotopic (exact) mass is 607 g/mol. The molecule has 1 fully saturated rings. The molecule has 1 heterocycles. The molecule has 9 nitrogen and oxygen atoms in total. The predicted octanol–water partition coefficient (Wildman–Crippen LogP) is 4.10. The van der Waals surface area contributed by atoms with Crippen LogP contribution in [0.4, 0.5) is 11.4 Å². The van der Waals surface area contributed by atoms with E-state index in [-0.39, 0.29) is 18.4 Å². The Hall–Kier alpha value is -3.40. The Kier molecular flexibility index (Phi) is 12.2. The highest BCUT2D eigenvalue weighted by Crippen LogP contribution is 2.39. The van der Waals surface area contributed by atoms with Gasteiger partial charge in [0.05, 0.1) is 19.8 Å². The summed E-state index contributed by atoms with van der Waals surface area (Å²) in [6, 6.07) is 16.1. The second kappa shape index (κ2) is 16.1. The Morgan fingerprint density at radius 3 is 2.50 bits per heavy atom. The van der Waals surface area contributed by atoms with Crippen LogP contribution in [0.1, 0.15) is 56.6 Å². The number of nitrogens with zero attached hydrogens (tertiary/aromatic N) is 1. The number of hydrogen-bond acceptors (Lipinski definition) is 9. The number of rotatable bonds is 17. The number of benzene rings is 2. The van der Waals surface area contributed by atoms with Crippen molar-refractivity contribution in [2.45, 2.75) is 64.0 Å². The third-order valence-corrected chi connectivity index (χ3v) is 8.70. The Morgan fingerprint density at radius 1 is 1.02 bits per heavy atom. The van der Waals surface area contributed by atoms with E-state index < -0.39 is 23.0 Å². The van der Waals surface area contributed by atoms with Gasteiger partial charge in [-0.3, -0.25) is 9.59 Å². The van der Waals surface area contributed by atoms with Crippen LogP contribution in [0, 0.1) is 11.8 Å². The third-order valence-electron chi connectivity index (χ3n) is 8.70. The largest absolute Gasteiger partial charge is 0.493 e.